The predicted molar refractivity (Wildman–Crippen MR) is 51.3 cm³/mol. The molecule has 0 fully saturated rings. The van der Waals surface area contributed by atoms with Crippen molar-refractivity contribution in [3.8, 4) is 0 Å². The second kappa shape index (κ2) is 7.88. The van der Waals surface area contributed by atoms with Crippen molar-refractivity contribution in [3.05, 3.63) is 22.3 Å². The molecular formula is C7H10IN. The van der Waals surface area contributed by atoms with Gasteiger partial charge in [0, 0.05) is 12.8 Å². The number of hydrogen-bond donors (Lipinski definition) is 0. The van der Waals surface area contributed by atoms with E-state index in [1.165, 1.54) is 0 Å². The second-order valence-corrected chi connectivity index (χ2v) is 2.07. The lowest BCUT2D eigenvalue weighted by Gasteiger charge is -1.73. The summed E-state index contributed by atoms with van der Waals surface area (Å²) < 4.78 is 1.95. The molecule has 0 rings (SSSR count). The van der Waals surface area contributed by atoms with Gasteiger partial charge in [-0.3, -0.25) is 4.99 Å². The maximum atomic E-state index is 4.00. The lowest BCUT2D eigenvalue weighted by Crippen LogP contribution is -1.67. The highest BCUT2D eigenvalue weighted by Gasteiger charge is 1.60. The van der Waals surface area contributed by atoms with Gasteiger partial charge in [-0.25, -0.2) is 0 Å². The molecule has 0 saturated heterocycles. The Hall–Kier alpha value is -0.120. The topological polar surface area (TPSA) is 12.4 Å². The average Bonchev–Trinajstić information content (AvgIpc) is 1.89. The summed E-state index contributed by atoms with van der Waals surface area (Å²) in [7, 11) is 0. The first-order valence-corrected chi connectivity index (χ1v) is 4.08. The maximum Gasteiger partial charge on any atom is 0.0360 e. The summed E-state index contributed by atoms with van der Waals surface area (Å²) in [6, 6.07) is 0. The maximum absolute atomic E-state index is 4.00. The van der Waals surface area contributed by atoms with Crippen molar-refractivity contribution in [1.82, 2.24) is 0 Å². The van der Waals surface area contributed by atoms with E-state index in [9.17, 15) is 0 Å². The molecule has 2 heteroatoms. The van der Waals surface area contributed by atoms with Crippen molar-refractivity contribution < 1.29 is 0 Å². The third-order valence-electron chi connectivity index (χ3n) is 0.669. The zero-order valence-electron chi connectivity index (χ0n) is 5.42. The molecule has 0 radical (unpaired) electrons. The molecule has 0 saturated carbocycles. The Balaban J connectivity index is 3.35. The van der Waals surface area contributed by atoms with E-state index in [2.05, 4.69) is 27.6 Å². The minimum atomic E-state index is 0.859. The summed E-state index contributed by atoms with van der Waals surface area (Å²) in [4.78, 5) is 4.00. The number of aliphatic imine (C=N–C) groups is 1. The molecule has 0 unspecified atom stereocenters. The van der Waals surface area contributed by atoms with Gasteiger partial charge in [0.2, 0.25) is 0 Å². The molecule has 1 nitrogen and oxygen atoms in total. The highest BCUT2D eigenvalue weighted by Crippen LogP contribution is 1.83. The molecule has 0 aromatic rings. The van der Waals surface area contributed by atoms with Crippen molar-refractivity contribution in [3.63, 3.8) is 0 Å². The molecular weight excluding hydrogens is 225 g/mol. The van der Waals surface area contributed by atoms with Crippen molar-refractivity contribution in [1.29, 1.82) is 0 Å². The smallest absolute Gasteiger partial charge is 0.0360 e. The van der Waals surface area contributed by atoms with E-state index in [0.29, 0.717) is 0 Å². The monoisotopic (exact) mass is 235 g/mol. The van der Waals surface area contributed by atoms with Crippen LogP contribution in [0.5, 0.6) is 0 Å². The van der Waals surface area contributed by atoms with Gasteiger partial charge < -0.3 is 0 Å². The molecule has 0 atom stereocenters. The standard InChI is InChI=1S/C7H10IN/c1-2-9-7-5-3-4-6-8/h3-7H,2H2,1H3/b5-3-,6-4-,9-7+. The molecule has 0 spiro atoms. The molecule has 0 N–H and O–H groups in total. The van der Waals surface area contributed by atoms with Gasteiger partial charge in [-0.15, -0.1) is 0 Å². The first-order chi connectivity index (χ1) is 4.41. The second-order valence-electron chi connectivity index (χ2n) is 1.35. The summed E-state index contributed by atoms with van der Waals surface area (Å²) >= 11 is 2.17. The lowest BCUT2D eigenvalue weighted by molar-refractivity contribution is 1.14. The number of hydrogen-bond acceptors (Lipinski definition) is 1. The van der Waals surface area contributed by atoms with Crippen molar-refractivity contribution in [2.75, 3.05) is 6.54 Å². The fourth-order valence-corrected chi connectivity index (χ4v) is 0.562. The first kappa shape index (κ1) is 8.88. The molecule has 0 amide bonds. The first-order valence-electron chi connectivity index (χ1n) is 2.83. The fourth-order valence-electron chi connectivity index (χ4n) is 0.322. The summed E-state index contributed by atoms with van der Waals surface area (Å²) in [5, 5.41) is 0. The van der Waals surface area contributed by atoms with Gasteiger partial charge in [0.25, 0.3) is 0 Å². The molecule has 0 bridgehead atoms. The van der Waals surface area contributed by atoms with Crippen LogP contribution in [0.25, 0.3) is 0 Å². The van der Waals surface area contributed by atoms with Crippen molar-refractivity contribution in [2.45, 2.75) is 6.92 Å². The zero-order valence-corrected chi connectivity index (χ0v) is 7.58. The zero-order chi connectivity index (χ0) is 6.95. The molecule has 9 heavy (non-hydrogen) atoms. The Labute approximate surface area is 69.7 Å². The molecule has 0 heterocycles. The molecule has 0 aliphatic rings. The summed E-state index contributed by atoms with van der Waals surface area (Å²) in [5.74, 6) is 0. The van der Waals surface area contributed by atoms with Gasteiger partial charge in [-0.2, -0.15) is 0 Å². The van der Waals surface area contributed by atoms with Gasteiger partial charge in [-0.05, 0) is 17.1 Å². The Morgan fingerprint density at radius 1 is 1.33 bits per heavy atom. The van der Waals surface area contributed by atoms with Crippen molar-refractivity contribution in [2.24, 2.45) is 4.99 Å². The summed E-state index contributed by atoms with van der Waals surface area (Å²) in [5.41, 5.74) is 0. The molecule has 0 aromatic carbocycles. The Morgan fingerprint density at radius 3 is 2.67 bits per heavy atom. The SMILES string of the molecule is CC/N=C/C=C\C=C/I. The van der Waals surface area contributed by atoms with E-state index in [1.807, 2.05) is 29.2 Å². The largest absolute Gasteiger partial charge is 0.293 e. The Morgan fingerprint density at radius 2 is 2.11 bits per heavy atom. The average molecular weight is 235 g/mol. The number of halogens is 1. The predicted octanol–water partition coefficient (Wildman–Crippen LogP) is 2.58. The number of rotatable bonds is 3. The molecule has 50 valence electrons. The van der Waals surface area contributed by atoms with Crippen LogP contribution in [0, 0.1) is 0 Å². The quantitative estimate of drug-likeness (QED) is 0.405. The van der Waals surface area contributed by atoms with Crippen LogP contribution >= 0.6 is 22.6 Å². The van der Waals surface area contributed by atoms with Crippen LogP contribution in [-0.4, -0.2) is 12.8 Å². The minimum Gasteiger partial charge on any atom is -0.293 e. The van der Waals surface area contributed by atoms with Crippen LogP contribution in [0.2, 0.25) is 0 Å². The van der Waals surface area contributed by atoms with Gasteiger partial charge >= 0.3 is 0 Å². The number of nitrogens with zero attached hydrogens (tertiary/aromatic N) is 1. The lowest BCUT2D eigenvalue weighted by atomic mass is 10.5. The van der Waals surface area contributed by atoms with Crippen LogP contribution in [0.3, 0.4) is 0 Å². The van der Waals surface area contributed by atoms with Crippen LogP contribution in [0.1, 0.15) is 6.92 Å². The van der Waals surface area contributed by atoms with E-state index in [-0.39, 0.29) is 0 Å². The normalized spacial score (nSPS) is 12.7. The van der Waals surface area contributed by atoms with E-state index in [4.69, 9.17) is 0 Å². The fraction of sp³-hybridized carbons (Fsp3) is 0.286. The molecule has 0 aliphatic carbocycles. The van der Waals surface area contributed by atoms with Crippen LogP contribution in [-0.2, 0) is 0 Å². The van der Waals surface area contributed by atoms with Gasteiger partial charge in [0.05, 0.1) is 0 Å². The third kappa shape index (κ3) is 7.88. The van der Waals surface area contributed by atoms with Crippen LogP contribution in [0.15, 0.2) is 27.3 Å². The molecule has 0 aromatic heterocycles. The van der Waals surface area contributed by atoms with Gasteiger partial charge in [-0.1, -0.05) is 34.7 Å². The summed E-state index contributed by atoms with van der Waals surface area (Å²) in [6.45, 7) is 2.87. The van der Waals surface area contributed by atoms with E-state index in [0.717, 1.165) is 6.54 Å². The van der Waals surface area contributed by atoms with Crippen LogP contribution < -0.4 is 0 Å². The Kier molecular flexibility index (Phi) is 7.77. The van der Waals surface area contributed by atoms with Crippen molar-refractivity contribution >= 4 is 28.8 Å². The van der Waals surface area contributed by atoms with Gasteiger partial charge in [0.1, 0.15) is 0 Å². The Bertz CT molecular complexity index is 125. The van der Waals surface area contributed by atoms with E-state index >= 15 is 0 Å². The number of allylic oxidation sites excluding steroid dienone is 3. The highest BCUT2D eigenvalue weighted by atomic mass is 127. The minimum absolute atomic E-state index is 0.859. The van der Waals surface area contributed by atoms with Gasteiger partial charge in [0.15, 0.2) is 0 Å². The molecule has 0 aliphatic heterocycles. The highest BCUT2D eigenvalue weighted by molar-refractivity contribution is 14.1. The third-order valence-corrected chi connectivity index (χ3v) is 1.08. The van der Waals surface area contributed by atoms with E-state index < -0.39 is 0 Å². The van der Waals surface area contributed by atoms with Crippen LogP contribution in [0.4, 0.5) is 0 Å². The van der Waals surface area contributed by atoms with E-state index in [1.54, 1.807) is 6.21 Å². The summed E-state index contributed by atoms with van der Waals surface area (Å²) in [6.07, 6.45) is 7.63.